The molecule has 2 aromatic rings. The van der Waals surface area contributed by atoms with Gasteiger partial charge < -0.3 is 10.6 Å². The highest BCUT2D eigenvalue weighted by atomic mass is 16.2. The molecule has 2 rings (SSSR count). The van der Waals surface area contributed by atoms with Crippen LogP contribution in [0.4, 0.5) is 11.4 Å². The first-order valence-corrected chi connectivity index (χ1v) is 5.83. The maximum atomic E-state index is 12.1. The van der Waals surface area contributed by atoms with Crippen LogP contribution in [0.25, 0.3) is 0 Å². The molecule has 0 fully saturated rings. The van der Waals surface area contributed by atoms with E-state index in [2.05, 4.69) is 0 Å². The van der Waals surface area contributed by atoms with Crippen LogP contribution in [0.1, 0.15) is 5.56 Å². The number of rotatable bonds is 3. The zero-order valence-corrected chi connectivity index (χ0v) is 10.3. The number of hydrogen-bond acceptors (Lipinski definition) is 2. The highest BCUT2D eigenvalue weighted by Gasteiger charge is 2.13. The lowest BCUT2D eigenvalue weighted by molar-refractivity contribution is -0.117. The van der Waals surface area contributed by atoms with Gasteiger partial charge >= 0.3 is 0 Å². The fourth-order valence-electron chi connectivity index (χ4n) is 1.82. The first-order chi connectivity index (χ1) is 8.68. The van der Waals surface area contributed by atoms with Gasteiger partial charge in [0.1, 0.15) is 0 Å². The lowest BCUT2D eigenvalue weighted by atomic mass is 10.1. The molecule has 0 radical (unpaired) electrons. The molecular formula is C15H16N2O. The van der Waals surface area contributed by atoms with Crippen molar-refractivity contribution in [2.45, 2.75) is 6.42 Å². The van der Waals surface area contributed by atoms with E-state index in [4.69, 9.17) is 5.73 Å². The molecule has 2 N–H and O–H groups in total. The van der Waals surface area contributed by atoms with Crippen molar-refractivity contribution in [3.63, 3.8) is 0 Å². The van der Waals surface area contributed by atoms with Crippen molar-refractivity contribution in [2.24, 2.45) is 0 Å². The van der Waals surface area contributed by atoms with Crippen LogP contribution in [0.3, 0.4) is 0 Å². The Bertz CT molecular complexity index is 537. The minimum atomic E-state index is 0.0269. The molecule has 92 valence electrons. The van der Waals surface area contributed by atoms with E-state index >= 15 is 0 Å². The summed E-state index contributed by atoms with van der Waals surface area (Å²) in [6, 6.07) is 17.1. The molecule has 1 amide bonds. The third-order valence-electron chi connectivity index (χ3n) is 2.87. The Balaban J connectivity index is 2.13. The minimum Gasteiger partial charge on any atom is -0.397 e. The Morgan fingerprint density at radius 3 is 2.33 bits per heavy atom. The number of anilines is 2. The van der Waals surface area contributed by atoms with Crippen molar-refractivity contribution in [1.82, 2.24) is 0 Å². The van der Waals surface area contributed by atoms with E-state index in [1.54, 1.807) is 18.0 Å². The summed E-state index contributed by atoms with van der Waals surface area (Å²) in [4.78, 5) is 13.7. The molecule has 2 aromatic carbocycles. The molecule has 0 unspecified atom stereocenters. The van der Waals surface area contributed by atoms with Crippen molar-refractivity contribution in [3.05, 3.63) is 60.2 Å². The second-order valence-electron chi connectivity index (χ2n) is 4.17. The van der Waals surface area contributed by atoms with Crippen LogP contribution < -0.4 is 10.6 Å². The van der Waals surface area contributed by atoms with Gasteiger partial charge in [-0.15, -0.1) is 0 Å². The van der Waals surface area contributed by atoms with Gasteiger partial charge in [0.05, 0.1) is 17.8 Å². The number of likely N-dealkylation sites (N-methyl/N-ethyl adjacent to an activating group) is 1. The smallest absolute Gasteiger partial charge is 0.231 e. The summed E-state index contributed by atoms with van der Waals surface area (Å²) in [6.45, 7) is 0. The summed E-state index contributed by atoms with van der Waals surface area (Å²) in [7, 11) is 1.75. The maximum Gasteiger partial charge on any atom is 0.231 e. The van der Waals surface area contributed by atoms with E-state index < -0.39 is 0 Å². The van der Waals surface area contributed by atoms with Crippen LogP contribution in [-0.4, -0.2) is 13.0 Å². The number of hydrogen-bond donors (Lipinski definition) is 1. The average Bonchev–Trinajstić information content (AvgIpc) is 2.39. The molecule has 0 aliphatic carbocycles. The van der Waals surface area contributed by atoms with E-state index in [0.717, 1.165) is 11.3 Å². The lowest BCUT2D eigenvalue weighted by Crippen LogP contribution is -2.28. The third kappa shape index (κ3) is 2.69. The predicted molar refractivity (Wildman–Crippen MR) is 74.4 cm³/mol. The van der Waals surface area contributed by atoms with Gasteiger partial charge in [0, 0.05) is 7.05 Å². The summed E-state index contributed by atoms with van der Waals surface area (Å²) in [6.07, 6.45) is 0.381. The van der Waals surface area contributed by atoms with Gasteiger partial charge in [-0.1, -0.05) is 42.5 Å². The summed E-state index contributed by atoms with van der Waals surface area (Å²) in [5.74, 6) is 0.0269. The molecule has 0 saturated heterocycles. The van der Waals surface area contributed by atoms with E-state index in [0.29, 0.717) is 12.1 Å². The number of nitrogens with zero attached hydrogens (tertiary/aromatic N) is 1. The first kappa shape index (κ1) is 12.2. The summed E-state index contributed by atoms with van der Waals surface area (Å²) >= 11 is 0. The topological polar surface area (TPSA) is 46.3 Å². The van der Waals surface area contributed by atoms with Crippen LogP contribution in [0.5, 0.6) is 0 Å². The second-order valence-corrected chi connectivity index (χ2v) is 4.17. The van der Waals surface area contributed by atoms with Crippen molar-refractivity contribution in [1.29, 1.82) is 0 Å². The van der Waals surface area contributed by atoms with Gasteiger partial charge in [0.15, 0.2) is 0 Å². The molecule has 0 bridgehead atoms. The zero-order valence-electron chi connectivity index (χ0n) is 10.3. The van der Waals surface area contributed by atoms with Gasteiger partial charge in [0.2, 0.25) is 5.91 Å². The van der Waals surface area contributed by atoms with E-state index in [1.807, 2.05) is 48.5 Å². The summed E-state index contributed by atoms with van der Waals surface area (Å²) in [5.41, 5.74) is 8.22. The normalized spacial score (nSPS) is 10.1. The molecule has 0 atom stereocenters. The number of carbonyl (C=O) groups excluding carboxylic acids is 1. The van der Waals surface area contributed by atoms with Crippen LogP contribution in [0.15, 0.2) is 54.6 Å². The van der Waals surface area contributed by atoms with Crippen molar-refractivity contribution in [2.75, 3.05) is 17.7 Å². The maximum absolute atomic E-state index is 12.1. The molecule has 3 heteroatoms. The average molecular weight is 240 g/mol. The standard InChI is InChI=1S/C15H16N2O/c1-17(14-10-6-5-9-13(14)16)15(18)11-12-7-3-2-4-8-12/h2-10H,11,16H2,1H3. The van der Waals surface area contributed by atoms with Crippen LogP contribution in [0.2, 0.25) is 0 Å². The number of amides is 1. The molecule has 0 spiro atoms. The highest BCUT2D eigenvalue weighted by Crippen LogP contribution is 2.21. The summed E-state index contributed by atoms with van der Waals surface area (Å²) in [5, 5.41) is 0. The number of nitrogen functional groups attached to an aromatic ring is 1. The van der Waals surface area contributed by atoms with Crippen LogP contribution in [0, 0.1) is 0 Å². The molecule has 18 heavy (non-hydrogen) atoms. The SMILES string of the molecule is CN(C(=O)Cc1ccccc1)c1ccccc1N. The first-order valence-electron chi connectivity index (χ1n) is 5.83. The van der Waals surface area contributed by atoms with Gasteiger partial charge in [0.25, 0.3) is 0 Å². The van der Waals surface area contributed by atoms with E-state index in [1.165, 1.54) is 0 Å². The minimum absolute atomic E-state index is 0.0269. The number of nitrogens with two attached hydrogens (primary N) is 1. The van der Waals surface area contributed by atoms with Crippen molar-refractivity contribution < 1.29 is 4.79 Å². The van der Waals surface area contributed by atoms with Crippen LogP contribution >= 0.6 is 0 Å². The molecule has 0 saturated carbocycles. The molecule has 3 nitrogen and oxygen atoms in total. The molecule has 0 aromatic heterocycles. The number of benzene rings is 2. The van der Waals surface area contributed by atoms with Gasteiger partial charge in [-0.2, -0.15) is 0 Å². The fraction of sp³-hybridized carbons (Fsp3) is 0.133. The number of para-hydroxylation sites is 2. The Hall–Kier alpha value is -2.29. The highest BCUT2D eigenvalue weighted by molar-refractivity contribution is 5.96. The molecule has 0 heterocycles. The Labute approximate surface area is 107 Å². The third-order valence-corrected chi connectivity index (χ3v) is 2.87. The summed E-state index contributed by atoms with van der Waals surface area (Å²) < 4.78 is 0. The monoisotopic (exact) mass is 240 g/mol. The fourth-order valence-corrected chi connectivity index (χ4v) is 1.82. The Morgan fingerprint density at radius 1 is 1.06 bits per heavy atom. The number of carbonyl (C=O) groups is 1. The van der Waals surface area contributed by atoms with Crippen molar-refractivity contribution >= 4 is 17.3 Å². The zero-order chi connectivity index (χ0) is 13.0. The second kappa shape index (κ2) is 5.36. The van der Waals surface area contributed by atoms with Gasteiger partial charge in [-0.05, 0) is 17.7 Å². The molecule has 0 aliphatic rings. The Morgan fingerprint density at radius 2 is 1.67 bits per heavy atom. The predicted octanol–water partition coefficient (Wildman–Crippen LogP) is 2.47. The quantitative estimate of drug-likeness (QED) is 0.838. The van der Waals surface area contributed by atoms with E-state index in [9.17, 15) is 4.79 Å². The van der Waals surface area contributed by atoms with Crippen molar-refractivity contribution in [3.8, 4) is 0 Å². The lowest BCUT2D eigenvalue weighted by Gasteiger charge is -2.19. The van der Waals surface area contributed by atoms with Gasteiger partial charge in [-0.25, -0.2) is 0 Å². The largest absolute Gasteiger partial charge is 0.397 e. The Kier molecular flexibility index (Phi) is 3.63. The molecule has 0 aliphatic heterocycles. The molecular weight excluding hydrogens is 224 g/mol. The van der Waals surface area contributed by atoms with Crippen LogP contribution in [-0.2, 0) is 11.2 Å². The van der Waals surface area contributed by atoms with Gasteiger partial charge in [-0.3, -0.25) is 4.79 Å². The van der Waals surface area contributed by atoms with E-state index in [-0.39, 0.29) is 5.91 Å².